The number of rotatable bonds is 2. The third-order valence-corrected chi connectivity index (χ3v) is 6.69. The fourth-order valence-corrected chi connectivity index (χ4v) is 5.28. The predicted molar refractivity (Wildman–Crippen MR) is 102 cm³/mol. The van der Waals surface area contributed by atoms with Gasteiger partial charge in [0, 0.05) is 54.3 Å². The monoisotopic (exact) mass is 352 g/mol. The molecule has 138 valence electrons. The Kier molecular flexibility index (Phi) is 4.21. The van der Waals surface area contributed by atoms with Crippen LogP contribution in [0.15, 0.2) is 24.3 Å². The third-order valence-electron chi connectivity index (χ3n) is 6.69. The molecule has 2 aromatic rings. The Bertz CT molecular complexity index is 807. The molecule has 2 fully saturated rings. The summed E-state index contributed by atoms with van der Waals surface area (Å²) in [6.07, 6.45) is 7.42. The average molecular weight is 352 g/mol. The summed E-state index contributed by atoms with van der Waals surface area (Å²) < 4.78 is 0. The zero-order valence-electron chi connectivity index (χ0n) is 15.3. The van der Waals surface area contributed by atoms with Crippen LogP contribution in [-0.4, -0.2) is 34.9 Å². The van der Waals surface area contributed by atoms with Crippen molar-refractivity contribution >= 4 is 16.8 Å². The van der Waals surface area contributed by atoms with Crippen LogP contribution < -0.4 is 10.9 Å². The number of benzene rings is 1. The summed E-state index contributed by atoms with van der Waals surface area (Å²) in [7, 11) is 0. The first-order chi connectivity index (χ1) is 12.8. The first-order valence-electron chi connectivity index (χ1n) is 10.2. The van der Waals surface area contributed by atoms with Crippen LogP contribution in [0, 0.1) is 11.8 Å². The zero-order chi connectivity index (χ0) is 17.5. The fourth-order valence-electron chi connectivity index (χ4n) is 5.28. The number of hydrogen-bond acceptors (Lipinski definition) is 3. The molecule has 0 radical (unpaired) electrons. The van der Waals surface area contributed by atoms with Gasteiger partial charge in [-0.15, -0.1) is 0 Å². The van der Waals surface area contributed by atoms with Crippen molar-refractivity contribution in [3.63, 3.8) is 0 Å². The molecule has 26 heavy (non-hydrogen) atoms. The summed E-state index contributed by atoms with van der Waals surface area (Å²) in [5.74, 6) is 1.04. The van der Waals surface area contributed by atoms with Crippen LogP contribution in [0.5, 0.6) is 0 Å². The SMILES string of the molecule is O=C(C1CNNC1C1CCCCC1)N1CCc2[nH]c3ccccc3c2C1. The van der Waals surface area contributed by atoms with E-state index >= 15 is 0 Å². The molecule has 3 heterocycles. The van der Waals surface area contributed by atoms with Crippen molar-refractivity contribution in [1.29, 1.82) is 0 Å². The van der Waals surface area contributed by atoms with Crippen molar-refractivity contribution < 1.29 is 4.79 Å². The van der Waals surface area contributed by atoms with Gasteiger partial charge in [-0.05, 0) is 24.8 Å². The fraction of sp³-hybridized carbons (Fsp3) is 0.571. The number of hydrogen-bond donors (Lipinski definition) is 3. The van der Waals surface area contributed by atoms with Gasteiger partial charge in [0.05, 0.1) is 5.92 Å². The summed E-state index contributed by atoms with van der Waals surface area (Å²) >= 11 is 0. The van der Waals surface area contributed by atoms with E-state index in [2.05, 4.69) is 45.0 Å². The summed E-state index contributed by atoms with van der Waals surface area (Å²) in [6.45, 7) is 2.33. The number of hydrazine groups is 1. The van der Waals surface area contributed by atoms with Gasteiger partial charge >= 0.3 is 0 Å². The molecule has 2 unspecified atom stereocenters. The van der Waals surface area contributed by atoms with Crippen molar-refractivity contribution in [2.75, 3.05) is 13.1 Å². The van der Waals surface area contributed by atoms with Crippen LogP contribution >= 0.6 is 0 Å². The number of H-pyrrole nitrogens is 1. The van der Waals surface area contributed by atoms with Gasteiger partial charge < -0.3 is 9.88 Å². The van der Waals surface area contributed by atoms with E-state index in [9.17, 15) is 4.79 Å². The molecule has 1 aliphatic carbocycles. The first kappa shape index (κ1) is 16.3. The Balaban J connectivity index is 1.36. The summed E-state index contributed by atoms with van der Waals surface area (Å²) in [5, 5.41) is 1.27. The molecule has 0 bridgehead atoms. The number of carbonyl (C=O) groups excluding carboxylic acids is 1. The van der Waals surface area contributed by atoms with Crippen LogP contribution in [0.3, 0.4) is 0 Å². The number of nitrogens with one attached hydrogen (secondary N) is 3. The van der Waals surface area contributed by atoms with Crippen molar-refractivity contribution in [1.82, 2.24) is 20.7 Å². The van der Waals surface area contributed by atoms with Crippen molar-refractivity contribution in [3.8, 4) is 0 Å². The van der Waals surface area contributed by atoms with Gasteiger partial charge in [-0.25, -0.2) is 0 Å². The highest BCUT2D eigenvalue weighted by molar-refractivity contribution is 5.86. The number of aromatic nitrogens is 1. The van der Waals surface area contributed by atoms with E-state index in [-0.39, 0.29) is 5.92 Å². The van der Waals surface area contributed by atoms with E-state index in [4.69, 9.17) is 0 Å². The lowest BCUT2D eigenvalue weighted by Gasteiger charge is -2.34. The highest BCUT2D eigenvalue weighted by Gasteiger charge is 2.40. The Hall–Kier alpha value is -1.85. The average Bonchev–Trinajstić information content (AvgIpc) is 3.32. The lowest BCUT2D eigenvalue weighted by molar-refractivity contribution is -0.136. The van der Waals surface area contributed by atoms with Crippen LogP contribution in [-0.2, 0) is 17.8 Å². The maximum Gasteiger partial charge on any atom is 0.228 e. The van der Waals surface area contributed by atoms with Gasteiger partial charge in [-0.3, -0.25) is 15.6 Å². The minimum Gasteiger partial charge on any atom is -0.358 e. The smallest absolute Gasteiger partial charge is 0.228 e. The number of carbonyl (C=O) groups is 1. The number of para-hydroxylation sites is 1. The molecule has 3 aliphatic rings. The van der Waals surface area contributed by atoms with Crippen molar-refractivity contribution in [2.45, 2.75) is 51.1 Å². The minimum absolute atomic E-state index is 0.0739. The summed E-state index contributed by atoms with van der Waals surface area (Å²) in [5.41, 5.74) is 10.5. The maximum atomic E-state index is 13.4. The van der Waals surface area contributed by atoms with Crippen LogP contribution in [0.2, 0.25) is 0 Å². The lowest BCUT2D eigenvalue weighted by Crippen LogP contribution is -2.47. The molecule has 1 amide bonds. The Labute approximate surface area is 154 Å². The molecule has 5 rings (SSSR count). The minimum atomic E-state index is 0.0739. The van der Waals surface area contributed by atoms with E-state index in [0.29, 0.717) is 17.9 Å². The van der Waals surface area contributed by atoms with Crippen LogP contribution in [0.25, 0.3) is 10.9 Å². The molecule has 1 saturated carbocycles. The zero-order valence-corrected chi connectivity index (χ0v) is 15.3. The number of fused-ring (bicyclic) bond motifs is 3. The Morgan fingerprint density at radius 3 is 2.85 bits per heavy atom. The van der Waals surface area contributed by atoms with E-state index in [1.807, 2.05) is 0 Å². The standard InChI is InChI=1S/C21H28N4O/c26-21(16-12-22-24-20(16)14-6-2-1-3-7-14)25-11-10-19-17(13-25)15-8-4-5-9-18(15)23-19/h4-5,8-9,14,16,20,22-24H,1-3,6-7,10-13H2. The molecule has 3 N–H and O–H groups in total. The highest BCUT2D eigenvalue weighted by Crippen LogP contribution is 2.33. The molecular weight excluding hydrogens is 324 g/mol. The second kappa shape index (κ2) is 6.71. The largest absolute Gasteiger partial charge is 0.358 e. The second-order valence-corrected chi connectivity index (χ2v) is 8.19. The lowest BCUT2D eigenvalue weighted by atomic mass is 9.79. The van der Waals surface area contributed by atoms with Crippen molar-refractivity contribution in [3.05, 3.63) is 35.5 Å². The quantitative estimate of drug-likeness (QED) is 0.779. The molecule has 2 atom stereocenters. The van der Waals surface area contributed by atoms with E-state index < -0.39 is 0 Å². The van der Waals surface area contributed by atoms with E-state index in [1.54, 1.807) is 0 Å². The van der Waals surface area contributed by atoms with Crippen molar-refractivity contribution in [2.24, 2.45) is 11.8 Å². The van der Waals surface area contributed by atoms with Crippen LogP contribution in [0.1, 0.15) is 43.4 Å². The molecule has 5 heteroatoms. The van der Waals surface area contributed by atoms with Gasteiger partial charge in [0.2, 0.25) is 5.91 Å². The Morgan fingerprint density at radius 2 is 1.96 bits per heavy atom. The molecule has 0 spiro atoms. The maximum absolute atomic E-state index is 13.4. The Morgan fingerprint density at radius 1 is 1.12 bits per heavy atom. The van der Waals surface area contributed by atoms with Crippen LogP contribution in [0.4, 0.5) is 0 Å². The topological polar surface area (TPSA) is 60.2 Å². The van der Waals surface area contributed by atoms with Gasteiger partial charge in [-0.2, -0.15) is 0 Å². The molecule has 1 aromatic heterocycles. The molecule has 1 aromatic carbocycles. The molecule has 1 saturated heterocycles. The van der Waals surface area contributed by atoms with Gasteiger partial charge in [-0.1, -0.05) is 37.5 Å². The summed E-state index contributed by atoms with van der Waals surface area (Å²) in [4.78, 5) is 19.0. The predicted octanol–water partition coefficient (Wildman–Crippen LogP) is 2.73. The van der Waals surface area contributed by atoms with E-state index in [0.717, 1.165) is 26.1 Å². The van der Waals surface area contributed by atoms with Gasteiger partial charge in [0.25, 0.3) is 0 Å². The van der Waals surface area contributed by atoms with Gasteiger partial charge in [0.15, 0.2) is 0 Å². The molecular formula is C21H28N4O. The third kappa shape index (κ3) is 2.74. The number of aromatic amines is 1. The normalized spacial score (nSPS) is 27.0. The number of nitrogens with zero attached hydrogens (tertiary/aromatic N) is 1. The summed E-state index contributed by atoms with van der Waals surface area (Å²) in [6, 6.07) is 8.75. The second-order valence-electron chi connectivity index (χ2n) is 8.19. The van der Waals surface area contributed by atoms with Gasteiger partial charge in [0.1, 0.15) is 0 Å². The molecule has 5 nitrogen and oxygen atoms in total. The first-order valence-corrected chi connectivity index (χ1v) is 10.2. The number of amides is 1. The van der Waals surface area contributed by atoms with E-state index in [1.165, 1.54) is 54.3 Å². The highest BCUT2D eigenvalue weighted by atomic mass is 16.2. The molecule has 2 aliphatic heterocycles.